The lowest BCUT2D eigenvalue weighted by Crippen LogP contribution is -2.64. The number of aliphatic hydroxyl groups excluding tert-OH is 9. The molecule has 3 heterocycles. The predicted octanol–water partition coefficient (Wildman–Crippen LogP) is -1.59. The van der Waals surface area contributed by atoms with E-state index in [1.54, 1.807) is 0 Å². The van der Waals surface area contributed by atoms with Crippen LogP contribution in [-0.2, 0) is 76.2 Å². The van der Waals surface area contributed by atoms with Crippen LogP contribution >= 0.6 is 0 Å². The molecule has 0 aliphatic carbocycles. The number of unbranched alkanes of at least 4 members (excludes halogenated alkanes) is 9. The van der Waals surface area contributed by atoms with Gasteiger partial charge in [0, 0.05) is 91.3 Å². The van der Waals surface area contributed by atoms with Crippen LogP contribution in [0.1, 0.15) is 195 Å². The van der Waals surface area contributed by atoms with Crippen molar-refractivity contribution in [3.8, 4) is 0 Å². The number of alkyl carbamates (subject to hydrolysis) is 3. The highest BCUT2D eigenvalue weighted by Gasteiger charge is 2.48. The second-order valence-electron chi connectivity index (χ2n) is 27.6. The molecule has 109 heavy (non-hydrogen) atoms. The molecular formula is C71H128N10O28. The third-order valence-corrected chi connectivity index (χ3v) is 18.3. The summed E-state index contributed by atoms with van der Waals surface area (Å²) in [6.45, 7) is 6.33. The summed E-state index contributed by atoms with van der Waals surface area (Å²) in [5.74, 6) is -2.26. The minimum Gasteiger partial charge on any atom is -0.450 e. The zero-order chi connectivity index (χ0) is 80.4. The number of hydrogen-bond acceptors (Lipinski definition) is 28. The van der Waals surface area contributed by atoms with Gasteiger partial charge in [-0.2, -0.15) is 0 Å². The summed E-state index contributed by atoms with van der Waals surface area (Å²) < 4.78 is 50.2. The molecule has 0 radical (unpaired) electrons. The van der Waals surface area contributed by atoms with Gasteiger partial charge < -0.3 is 142 Å². The van der Waals surface area contributed by atoms with Crippen LogP contribution in [0.4, 0.5) is 14.4 Å². The summed E-state index contributed by atoms with van der Waals surface area (Å²) in [4.78, 5) is 124. The lowest BCUT2D eigenvalue weighted by molar-refractivity contribution is -0.270. The first-order valence-electron chi connectivity index (χ1n) is 38.6. The van der Waals surface area contributed by atoms with E-state index >= 15 is 0 Å². The molecule has 38 heteroatoms. The third kappa shape index (κ3) is 40.5. The monoisotopic (exact) mass is 1570 g/mol. The first-order valence-corrected chi connectivity index (χ1v) is 38.6. The molecule has 3 aliphatic heterocycles. The van der Waals surface area contributed by atoms with Gasteiger partial charge >= 0.3 is 18.3 Å². The SMILES string of the molecule is CCCC(=O)NC(CCCOC(=O)NCCCCCCNC(=O)CCCOC1OC(CO)C(O)C(O)C1NC(C)=O)(CCCOC(=O)NCCCCCCNC(=O)CCCOC1OC(CO)C(O)C(O)C1NC(C)=O)CCCOC(=O)NCCCCCCNC(=O)CCCOC1OC(CO)C(O)C(O)C1NC(C)=O. The lowest BCUT2D eigenvalue weighted by Gasteiger charge is -2.42. The Hall–Kier alpha value is -6.50. The van der Waals surface area contributed by atoms with E-state index in [4.69, 9.17) is 42.6 Å². The van der Waals surface area contributed by atoms with Gasteiger partial charge in [0.15, 0.2) is 18.9 Å². The number of aliphatic hydroxyl groups is 9. The van der Waals surface area contributed by atoms with Crippen molar-refractivity contribution >= 4 is 59.6 Å². The smallest absolute Gasteiger partial charge is 0.407 e. The number of hydrogen-bond donors (Lipinski definition) is 19. The highest BCUT2D eigenvalue weighted by atomic mass is 16.7. The van der Waals surface area contributed by atoms with Gasteiger partial charge in [0.2, 0.25) is 41.4 Å². The molecular weight excluding hydrogens is 1440 g/mol. The van der Waals surface area contributed by atoms with Crippen molar-refractivity contribution in [1.82, 2.24) is 53.2 Å². The minimum atomic E-state index is -1.45. The van der Waals surface area contributed by atoms with E-state index in [2.05, 4.69) is 53.2 Å². The molecule has 10 amide bonds. The number of rotatable bonds is 57. The second kappa shape index (κ2) is 56.7. The summed E-state index contributed by atoms with van der Waals surface area (Å²) in [7, 11) is 0. The molecule has 3 rings (SSSR count). The van der Waals surface area contributed by atoms with Crippen LogP contribution in [0.5, 0.6) is 0 Å². The van der Waals surface area contributed by atoms with Crippen molar-refractivity contribution in [2.75, 3.05) is 98.7 Å². The number of ether oxygens (including phenoxy) is 9. The zero-order valence-electron chi connectivity index (χ0n) is 63.9. The second-order valence-corrected chi connectivity index (χ2v) is 27.6. The molecule has 15 atom stereocenters. The van der Waals surface area contributed by atoms with E-state index in [0.717, 1.165) is 38.5 Å². The van der Waals surface area contributed by atoms with Crippen LogP contribution < -0.4 is 53.2 Å². The first-order chi connectivity index (χ1) is 52.3. The Kier molecular flexibility index (Phi) is 50.3. The molecule has 0 aromatic rings. The van der Waals surface area contributed by atoms with Crippen LogP contribution in [0.15, 0.2) is 0 Å². The molecule has 3 aliphatic rings. The Balaban J connectivity index is 1.40. The molecule has 0 aromatic heterocycles. The maximum Gasteiger partial charge on any atom is 0.407 e. The fourth-order valence-electron chi connectivity index (χ4n) is 12.5. The Morgan fingerprint density at radius 2 is 0.596 bits per heavy atom. The maximum absolute atomic E-state index is 13.4. The van der Waals surface area contributed by atoms with Crippen LogP contribution in [0, 0.1) is 0 Å². The molecule has 0 spiro atoms. The van der Waals surface area contributed by atoms with Gasteiger partial charge in [-0.1, -0.05) is 45.4 Å². The number of carbonyl (C=O) groups is 10. The normalized spacial score (nSPS) is 24.4. The third-order valence-electron chi connectivity index (χ3n) is 18.3. The van der Waals surface area contributed by atoms with E-state index in [9.17, 15) is 93.9 Å². The molecule has 0 saturated carbocycles. The summed E-state index contributed by atoms with van der Waals surface area (Å²) in [6, 6.07) is -3.25. The molecule has 0 bridgehead atoms. The summed E-state index contributed by atoms with van der Waals surface area (Å²) in [5.41, 5.74) is -0.868. The topological polar surface area (TPSA) is 556 Å². The number of amides is 10. The van der Waals surface area contributed by atoms with Crippen molar-refractivity contribution < 1.29 is 137 Å². The maximum atomic E-state index is 13.4. The van der Waals surface area contributed by atoms with Crippen molar-refractivity contribution in [3.05, 3.63) is 0 Å². The molecule has 38 nitrogen and oxygen atoms in total. The van der Waals surface area contributed by atoms with Crippen LogP contribution in [0.2, 0.25) is 0 Å². The molecule has 3 fully saturated rings. The Labute approximate surface area is 638 Å². The number of nitrogens with one attached hydrogen (secondary N) is 10. The van der Waals surface area contributed by atoms with E-state index in [1.807, 2.05) is 6.92 Å². The highest BCUT2D eigenvalue weighted by molar-refractivity contribution is 5.78. The van der Waals surface area contributed by atoms with E-state index in [-0.39, 0.29) is 89.0 Å². The highest BCUT2D eigenvalue weighted by Crippen LogP contribution is 2.29. The Morgan fingerprint density at radius 3 is 0.844 bits per heavy atom. The Morgan fingerprint density at radius 1 is 0.330 bits per heavy atom. The average molecular weight is 1570 g/mol. The van der Waals surface area contributed by atoms with E-state index in [0.29, 0.717) is 142 Å². The van der Waals surface area contributed by atoms with Crippen LogP contribution in [-0.4, -0.2) is 302 Å². The van der Waals surface area contributed by atoms with Crippen LogP contribution in [0.3, 0.4) is 0 Å². The van der Waals surface area contributed by atoms with Gasteiger partial charge in [0.25, 0.3) is 0 Å². The van der Waals surface area contributed by atoms with Gasteiger partial charge in [-0.15, -0.1) is 0 Å². The summed E-state index contributed by atoms with van der Waals surface area (Å²) in [5, 5.41) is 118. The van der Waals surface area contributed by atoms with Gasteiger partial charge in [-0.25, -0.2) is 14.4 Å². The zero-order valence-corrected chi connectivity index (χ0v) is 63.9. The van der Waals surface area contributed by atoms with Crippen molar-refractivity contribution in [3.63, 3.8) is 0 Å². The first kappa shape index (κ1) is 96.7. The fourth-order valence-corrected chi connectivity index (χ4v) is 12.5. The van der Waals surface area contributed by atoms with Crippen molar-refractivity contribution in [2.24, 2.45) is 0 Å². The molecule has 0 aromatic carbocycles. The average Bonchev–Trinajstić information content (AvgIpc) is 0.822. The van der Waals surface area contributed by atoms with Crippen molar-refractivity contribution in [2.45, 2.75) is 292 Å². The van der Waals surface area contributed by atoms with Gasteiger partial charge in [-0.05, 0) is 103 Å². The van der Waals surface area contributed by atoms with E-state index < -0.39 is 153 Å². The van der Waals surface area contributed by atoms with Crippen LogP contribution in [0.25, 0.3) is 0 Å². The largest absolute Gasteiger partial charge is 0.450 e. The lowest BCUT2D eigenvalue weighted by atomic mass is 9.83. The van der Waals surface area contributed by atoms with E-state index in [1.165, 1.54) is 20.8 Å². The molecule has 630 valence electrons. The Bertz CT molecular complexity index is 2370. The molecule has 15 unspecified atom stereocenters. The summed E-state index contributed by atoms with van der Waals surface area (Å²) in [6.07, 6.45) is -4.53. The van der Waals surface area contributed by atoms with Gasteiger partial charge in [0.1, 0.15) is 73.1 Å². The quantitative estimate of drug-likeness (QED) is 0.0241. The molecule has 19 N–H and O–H groups in total. The number of carbonyl (C=O) groups excluding carboxylic acids is 10. The standard InChI is InChI=1S/C71H128N10O28/c1-5-24-55(91)81-71(28-21-40-104-68(98)75-34-15-9-6-12-31-72-52(88)25-18-37-101-65-56(78-46(2)85)62(95)59(92)49(43-82)107-65,29-22-41-105-69(99)76-35-16-10-7-13-32-73-53(89)26-19-38-102-66-57(79-47(3)86)63(96)60(93)50(44-83)108-66)30-23-42-106-70(100)77-36-17-11-8-14-33-74-54(90)27-20-39-103-67-58(80-48(4)87)64(97)61(94)51(45-84)109-67/h49-51,56-67,82-84,92-97H,5-45H2,1-4H3,(H,72,88)(H,73,89)(H,74,90)(H,75,98)(H,76,99)(H,77,100)(H,78,85)(H,79,86)(H,80,87)(H,81,91). The minimum absolute atomic E-state index is 0.0202. The van der Waals surface area contributed by atoms with Gasteiger partial charge in [0.05, 0.1) is 59.5 Å². The fraction of sp³-hybridized carbons (Fsp3) is 0.859. The van der Waals surface area contributed by atoms with Gasteiger partial charge in [-0.3, -0.25) is 33.6 Å². The summed E-state index contributed by atoms with van der Waals surface area (Å²) >= 11 is 0. The molecule has 3 saturated heterocycles. The predicted molar refractivity (Wildman–Crippen MR) is 388 cm³/mol. The van der Waals surface area contributed by atoms with Crippen molar-refractivity contribution in [1.29, 1.82) is 0 Å².